The van der Waals surface area contributed by atoms with E-state index in [0.29, 0.717) is 11.1 Å². The van der Waals surface area contributed by atoms with Crippen molar-refractivity contribution in [1.29, 1.82) is 0 Å². The van der Waals surface area contributed by atoms with Gasteiger partial charge >= 0.3 is 38.5 Å². The molecule has 0 bridgehead atoms. The quantitative estimate of drug-likeness (QED) is 0.0510. The van der Waals surface area contributed by atoms with Crippen molar-refractivity contribution in [3.63, 3.8) is 0 Å². The van der Waals surface area contributed by atoms with Gasteiger partial charge in [0.15, 0.2) is 0 Å². The van der Waals surface area contributed by atoms with E-state index in [-0.39, 0.29) is 24.1 Å². The van der Waals surface area contributed by atoms with E-state index in [1.807, 2.05) is 0 Å². The van der Waals surface area contributed by atoms with Crippen molar-refractivity contribution in [3.8, 4) is 0 Å². The number of carbonyl (C=O) groups is 4. The lowest BCUT2D eigenvalue weighted by Gasteiger charge is -2.24. The summed E-state index contributed by atoms with van der Waals surface area (Å²) in [6, 6.07) is 11.7. The van der Waals surface area contributed by atoms with Gasteiger partial charge in [-0.1, -0.05) is 48.5 Å². The number of esters is 2. The smallest absolute Gasteiger partial charge is 0.460 e. The molecule has 2 aromatic carbocycles. The van der Waals surface area contributed by atoms with E-state index in [9.17, 15) is 29.4 Å². The van der Waals surface area contributed by atoms with E-state index in [1.165, 1.54) is 62.4 Å². The van der Waals surface area contributed by atoms with Gasteiger partial charge in [-0.25, -0.2) is 9.59 Å². The zero-order valence-corrected chi connectivity index (χ0v) is 24.5. The van der Waals surface area contributed by atoms with Gasteiger partial charge in [0.05, 0.1) is 13.2 Å². The molecule has 0 aliphatic carbocycles. The van der Waals surface area contributed by atoms with Crippen LogP contribution in [0.4, 0.5) is 9.59 Å². The molecule has 244 valence electrons. The first kappa shape index (κ1) is 37.0. The van der Waals surface area contributed by atoms with E-state index in [1.54, 1.807) is 0 Å². The number of aliphatic hydroxyl groups excluding tert-OH is 2. The highest BCUT2D eigenvalue weighted by molar-refractivity contribution is 6.58. The SMILES string of the molecule is CC(CO)(COC(=O)OCOC(=O)OCC(C)(CO)C(=O)OCc1ccc(B(O)O)cc1)C(=O)OCc1ccc(B(O)O)cc1. The number of hydrogen-bond acceptors (Lipinski definition) is 16. The van der Waals surface area contributed by atoms with E-state index < -0.39 is 82.5 Å². The largest absolute Gasteiger partial charge is 0.511 e. The highest BCUT2D eigenvalue weighted by Gasteiger charge is 2.38. The van der Waals surface area contributed by atoms with Crippen LogP contribution in [0.3, 0.4) is 0 Å². The summed E-state index contributed by atoms with van der Waals surface area (Å²) in [5, 5.41) is 55.9. The summed E-state index contributed by atoms with van der Waals surface area (Å²) in [6.45, 7) is -1.71. The molecule has 0 spiro atoms. The van der Waals surface area contributed by atoms with Gasteiger partial charge in [0.1, 0.15) is 37.3 Å². The molecule has 45 heavy (non-hydrogen) atoms. The van der Waals surface area contributed by atoms with Crippen molar-refractivity contribution in [1.82, 2.24) is 0 Å². The van der Waals surface area contributed by atoms with Crippen molar-refractivity contribution in [3.05, 3.63) is 59.7 Å². The minimum atomic E-state index is -1.67. The zero-order valence-electron chi connectivity index (χ0n) is 24.5. The Morgan fingerprint density at radius 2 is 0.911 bits per heavy atom. The first-order valence-corrected chi connectivity index (χ1v) is 13.3. The standard InChI is InChI=1S/C27H34B2O16/c1-26(13-30,22(32)40-11-18-3-7-20(8-4-18)28(36)37)15-42-24(34)44-17-45-25(35)43-16-27(2,14-31)23(33)41-12-19-5-9-21(10-6-19)29(38)39/h3-10,30-31,36-39H,11-17H2,1-2H3. The molecule has 0 heterocycles. The normalized spacial score (nSPS) is 13.3. The van der Waals surface area contributed by atoms with Crippen molar-refractivity contribution in [2.45, 2.75) is 27.1 Å². The Balaban J connectivity index is 1.72. The molecule has 0 aromatic heterocycles. The van der Waals surface area contributed by atoms with Gasteiger partial charge in [0.25, 0.3) is 0 Å². The van der Waals surface area contributed by atoms with Crippen LogP contribution < -0.4 is 10.9 Å². The second-order valence-corrected chi connectivity index (χ2v) is 10.3. The molecule has 0 radical (unpaired) electrons. The predicted octanol–water partition coefficient (Wildman–Crippen LogP) is -1.91. The summed E-state index contributed by atoms with van der Waals surface area (Å²) in [7, 11) is -3.31. The Kier molecular flexibility index (Phi) is 14.3. The second-order valence-electron chi connectivity index (χ2n) is 10.3. The molecule has 2 unspecified atom stereocenters. The van der Waals surface area contributed by atoms with Crippen LogP contribution in [0.25, 0.3) is 0 Å². The van der Waals surface area contributed by atoms with Gasteiger partial charge < -0.3 is 58.7 Å². The molecule has 0 aliphatic rings. The first-order chi connectivity index (χ1) is 21.2. The van der Waals surface area contributed by atoms with Gasteiger partial charge in [-0.3, -0.25) is 9.59 Å². The van der Waals surface area contributed by atoms with Crippen molar-refractivity contribution in [2.24, 2.45) is 10.8 Å². The van der Waals surface area contributed by atoms with E-state index >= 15 is 0 Å². The van der Waals surface area contributed by atoms with Crippen LogP contribution in [-0.2, 0) is 51.2 Å². The Morgan fingerprint density at radius 3 is 1.20 bits per heavy atom. The molecule has 0 fully saturated rings. The fraction of sp³-hybridized carbons (Fsp3) is 0.407. The Labute approximate surface area is 258 Å². The molecule has 2 aromatic rings. The molecular formula is C27H34B2O16. The minimum absolute atomic E-state index is 0.214. The third-order valence-corrected chi connectivity index (χ3v) is 6.35. The number of ether oxygens (including phenoxy) is 6. The third-order valence-electron chi connectivity index (χ3n) is 6.35. The van der Waals surface area contributed by atoms with Gasteiger partial charge in [-0.2, -0.15) is 0 Å². The van der Waals surface area contributed by atoms with Gasteiger partial charge in [-0.05, 0) is 35.9 Å². The van der Waals surface area contributed by atoms with Gasteiger partial charge in [0, 0.05) is 0 Å². The fourth-order valence-corrected chi connectivity index (χ4v) is 3.20. The fourth-order valence-electron chi connectivity index (χ4n) is 3.20. The highest BCUT2D eigenvalue weighted by Crippen LogP contribution is 2.21. The van der Waals surface area contributed by atoms with Crippen LogP contribution in [-0.4, -0.2) is 102 Å². The van der Waals surface area contributed by atoms with Gasteiger partial charge in [0.2, 0.25) is 6.79 Å². The van der Waals surface area contributed by atoms with Gasteiger partial charge in [-0.15, -0.1) is 0 Å². The predicted molar refractivity (Wildman–Crippen MR) is 152 cm³/mol. The summed E-state index contributed by atoms with van der Waals surface area (Å²) in [5.74, 6) is -1.82. The maximum Gasteiger partial charge on any atom is 0.511 e. The molecule has 0 amide bonds. The Morgan fingerprint density at radius 1 is 0.578 bits per heavy atom. The minimum Gasteiger partial charge on any atom is -0.460 e. The first-order valence-electron chi connectivity index (χ1n) is 13.3. The summed E-state index contributed by atoms with van der Waals surface area (Å²) in [4.78, 5) is 48.8. The summed E-state index contributed by atoms with van der Waals surface area (Å²) < 4.78 is 29.1. The molecule has 0 saturated carbocycles. The highest BCUT2D eigenvalue weighted by atomic mass is 16.8. The molecule has 0 saturated heterocycles. The van der Waals surface area contributed by atoms with Crippen LogP contribution >= 0.6 is 0 Å². The number of aliphatic hydroxyl groups is 2. The maximum atomic E-state index is 12.5. The molecule has 16 nitrogen and oxygen atoms in total. The van der Waals surface area contributed by atoms with E-state index in [2.05, 4.69) is 9.47 Å². The number of benzene rings is 2. The zero-order chi connectivity index (χ0) is 33.6. The average molecular weight is 636 g/mol. The number of hydrogen-bond donors (Lipinski definition) is 6. The average Bonchev–Trinajstić information content (AvgIpc) is 3.04. The molecule has 6 N–H and O–H groups in total. The molecule has 2 atom stereocenters. The lowest BCUT2D eigenvalue weighted by Crippen LogP contribution is -2.39. The van der Waals surface area contributed by atoms with Crippen LogP contribution in [0.2, 0.25) is 0 Å². The third kappa shape index (κ3) is 11.7. The molecule has 2 rings (SSSR count). The number of rotatable bonds is 16. The molecular weight excluding hydrogens is 602 g/mol. The monoisotopic (exact) mass is 636 g/mol. The van der Waals surface area contributed by atoms with E-state index in [4.69, 9.17) is 39.0 Å². The molecule has 0 aliphatic heterocycles. The van der Waals surface area contributed by atoms with Crippen LogP contribution in [0.5, 0.6) is 0 Å². The van der Waals surface area contributed by atoms with E-state index in [0.717, 1.165) is 0 Å². The summed E-state index contributed by atoms with van der Waals surface area (Å²) in [5.41, 5.74) is -1.84. The van der Waals surface area contributed by atoms with Crippen molar-refractivity contribution in [2.75, 3.05) is 33.2 Å². The Bertz CT molecular complexity index is 1170. The van der Waals surface area contributed by atoms with Crippen LogP contribution in [0.15, 0.2) is 48.5 Å². The summed E-state index contributed by atoms with van der Waals surface area (Å²) in [6.07, 6.45) is -2.72. The van der Waals surface area contributed by atoms with Crippen LogP contribution in [0.1, 0.15) is 25.0 Å². The van der Waals surface area contributed by atoms with Crippen molar-refractivity contribution >= 4 is 49.4 Å². The topological polar surface area (TPSA) is 245 Å². The second kappa shape index (κ2) is 17.3. The van der Waals surface area contributed by atoms with Crippen molar-refractivity contribution < 1.29 is 77.9 Å². The summed E-state index contributed by atoms with van der Waals surface area (Å²) >= 11 is 0. The maximum absolute atomic E-state index is 12.5. The molecule has 18 heteroatoms. The Hall–Kier alpha value is -4.19. The lowest BCUT2D eigenvalue weighted by molar-refractivity contribution is -0.162. The number of carbonyl (C=O) groups excluding carboxylic acids is 4. The van der Waals surface area contributed by atoms with Crippen LogP contribution in [0, 0.1) is 10.8 Å². The lowest BCUT2D eigenvalue weighted by atomic mass is 9.80.